The third kappa shape index (κ3) is 5.19. The van der Waals surface area contributed by atoms with Crippen LogP contribution < -0.4 is 5.32 Å². The predicted octanol–water partition coefficient (Wildman–Crippen LogP) is 3.58. The van der Waals surface area contributed by atoms with Crippen LogP contribution in [0.15, 0.2) is 47.1 Å². The molecule has 1 N–H and O–H groups in total. The van der Waals surface area contributed by atoms with E-state index in [9.17, 15) is 4.79 Å². The molecule has 0 unspecified atom stereocenters. The van der Waals surface area contributed by atoms with Crippen molar-refractivity contribution in [2.75, 3.05) is 31.5 Å². The van der Waals surface area contributed by atoms with Crippen LogP contribution >= 0.6 is 0 Å². The minimum Gasteiger partial charge on any atom is -0.468 e. The number of piperazine rings is 1. The molecule has 26 heavy (non-hydrogen) atoms. The van der Waals surface area contributed by atoms with E-state index >= 15 is 0 Å². The number of carbonyl (C=O) groups is 1. The first-order valence-corrected chi connectivity index (χ1v) is 9.28. The molecule has 0 atom stereocenters. The zero-order chi connectivity index (χ0) is 18.6. The molecule has 1 aromatic carbocycles. The Hall–Kier alpha value is -2.11. The lowest BCUT2D eigenvalue weighted by Crippen LogP contribution is -2.45. The molecule has 3 rings (SSSR count). The van der Waals surface area contributed by atoms with Crippen molar-refractivity contribution >= 4 is 11.6 Å². The van der Waals surface area contributed by atoms with Gasteiger partial charge >= 0.3 is 0 Å². The summed E-state index contributed by atoms with van der Waals surface area (Å²) >= 11 is 0. The van der Waals surface area contributed by atoms with Crippen LogP contribution in [0.1, 0.15) is 32.1 Å². The Kier molecular flexibility index (Phi) is 5.79. The predicted molar refractivity (Wildman–Crippen MR) is 104 cm³/mol. The molecule has 2 aromatic rings. The van der Waals surface area contributed by atoms with E-state index in [0.29, 0.717) is 0 Å². The second-order valence-electron chi connectivity index (χ2n) is 8.03. The monoisotopic (exact) mass is 355 g/mol. The average molecular weight is 355 g/mol. The average Bonchev–Trinajstić information content (AvgIpc) is 3.10. The van der Waals surface area contributed by atoms with Gasteiger partial charge < -0.3 is 9.73 Å². The number of benzene rings is 1. The third-order valence-corrected chi connectivity index (χ3v) is 4.72. The van der Waals surface area contributed by atoms with E-state index in [4.69, 9.17) is 4.42 Å². The van der Waals surface area contributed by atoms with Gasteiger partial charge in [0.25, 0.3) is 0 Å². The second kappa shape index (κ2) is 8.06. The number of nitrogens with zero attached hydrogens (tertiary/aromatic N) is 2. The highest BCUT2D eigenvalue weighted by molar-refractivity contribution is 5.94. The van der Waals surface area contributed by atoms with Gasteiger partial charge in [-0.1, -0.05) is 32.9 Å². The number of furan rings is 1. The Balaban J connectivity index is 1.45. The van der Waals surface area contributed by atoms with E-state index < -0.39 is 0 Å². The first kappa shape index (κ1) is 18.7. The number of rotatable bonds is 5. The van der Waals surface area contributed by atoms with Crippen molar-refractivity contribution in [3.8, 4) is 0 Å². The topological polar surface area (TPSA) is 48.7 Å². The quantitative estimate of drug-likeness (QED) is 0.891. The molecule has 1 aliphatic heterocycles. The summed E-state index contributed by atoms with van der Waals surface area (Å²) in [4.78, 5) is 17.0. The van der Waals surface area contributed by atoms with Crippen LogP contribution in [0, 0.1) is 5.41 Å². The van der Waals surface area contributed by atoms with Gasteiger partial charge in [-0.05, 0) is 29.8 Å². The molecule has 0 spiro atoms. The maximum absolute atomic E-state index is 12.0. The molecule has 0 saturated carbocycles. The summed E-state index contributed by atoms with van der Waals surface area (Å²) in [5.74, 6) is 1.07. The number of amides is 1. The Morgan fingerprint density at radius 3 is 2.15 bits per heavy atom. The van der Waals surface area contributed by atoms with Gasteiger partial charge in [0, 0.05) is 43.8 Å². The molecule has 0 bridgehead atoms. The lowest BCUT2D eigenvalue weighted by molar-refractivity contribution is -0.123. The molecule has 5 heteroatoms. The Bertz CT molecular complexity index is 694. The van der Waals surface area contributed by atoms with Crippen LogP contribution in [0.4, 0.5) is 5.69 Å². The largest absolute Gasteiger partial charge is 0.468 e. The summed E-state index contributed by atoms with van der Waals surface area (Å²) in [6.45, 7) is 11.8. The van der Waals surface area contributed by atoms with E-state index in [1.165, 1.54) is 5.56 Å². The van der Waals surface area contributed by atoms with Crippen molar-refractivity contribution < 1.29 is 9.21 Å². The molecular weight excluding hydrogens is 326 g/mol. The SMILES string of the molecule is CC(C)(C)C(=O)Nc1ccc(CN2CCN(Cc3ccco3)CC2)cc1. The summed E-state index contributed by atoms with van der Waals surface area (Å²) in [5, 5.41) is 2.97. The minimum atomic E-state index is -0.381. The lowest BCUT2D eigenvalue weighted by atomic mass is 9.95. The molecule has 0 radical (unpaired) electrons. The molecule has 1 fully saturated rings. The summed E-state index contributed by atoms with van der Waals surface area (Å²) in [5.41, 5.74) is 1.75. The first-order valence-electron chi connectivity index (χ1n) is 9.28. The molecule has 0 aliphatic carbocycles. The van der Waals surface area contributed by atoms with Gasteiger partial charge in [-0.25, -0.2) is 0 Å². The molecule has 1 aromatic heterocycles. The maximum atomic E-state index is 12.0. The van der Waals surface area contributed by atoms with E-state index in [1.807, 2.05) is 45.0 Å². The van der Waals surface area contributed by atoms with Crippen molar-refractivity contribution in [3.63, 3.8) is 0 Å². The highest BCUT2D eigenvalue weighted by Gasteiger charge is 2.21. The van der Waals surface area contributed by atoms with Crippen molar-refractivity contribution in [1.29, 1.82) is 0 Å². The van der Waals surface area contributed by atoms with Gasteiger partial charge in [-0.3, -0.25) is 14.6 Å². The van der Waals surface area contributed by atoms with Crippen LogP contribution in [0.25, 0.3) is 0 Å². The smallest absolute Gasteiger partial charge is 0.229 e. The zero-order valence-corrected chi connectivity index (χ0v) is 16.0. The van der Waals surface area contributed by atoms with Crippen molar-refractivity contribution in [2.45, 2.75) is 33.9 Å². The van der Waals surface area contributed by atoms with Gasteiger partial charge in [0.1, 0.15) is 5.76 Å². The minimum absolute atomic E-state index is 0.0397. The van der Waals surface area contributed by atoms with Gasteiger partial charge in [-0.15, -0.1) is 0 Å². The fourth-order valence-electron chi connectivity index (χ4n) is 3.00. The molecular formula is C21H29N3O2. The number of hydrogen-bond acceptors (Lipinski definition) is 4. The van der Waals surface area contributed by atoms with Gasteiger partial charge in [0.05, 0.1) is 12.8 Å². The first-order chi connectivity index (χ1) is 12.4. The summed E-state index contributed by atoms with van der Waals surface area (Å²) in [6, 6.07) is 12.2. The number of carbonyl (C=O) groups excluding carboxylic acids is 1. The summed E-state index contributed by atoms with van der Waals surface area (Å²) in [7, 11) is 0. The van der Waals surface area contributed by atoms with Gasteiger partial charge in [0.2, 0.25) is 5.91 Å². The van der Waals surface area contributed by atoms with E-state index in [-0.39, 0.29) is 11.3 Å². The van der Waals surface area contributed by atoms with Crippen LogP contribution in [0.2, 0.25) is 0 Å². The summed E-state index contributed by atoms with van der Waals surface area (Å²) in [6.07, 6.45) is 1.74. The van der Waals surface area contributed by atoms with E-state index in [2.05, 4.69) is 27.2 Å². The standard InChI is InChI=1S/C21H29N3O2/c1-21(2,3)20(25)22-18-8-6-17(7-9-18)15-23-10-12-24(13-11-23)16-19-5-4-14-26-19/h4-9,14H,10-13,15-16H2,1-3H3,(H,22,25). The van der Waals surface area contributed by atoms with Crippen LogP contribution in [-0.4, -0.2) is 41.9 Å². The molecule has 1 aliphatic rings. The molecule has 2 heterocycles. The van der Waals surface area contributed by atoms with Crippen LogP contribution in [0.5, 0.6) is 0 Å². The Morgan fingerprint density at radius 2 is 1.62 bits per heavy atom. The van der Waals surface area contributed by atoms with Crippen molar-refractivity contribution in [1.82, 2.24) is 9.80 Å². The normalized spacial score (nSPS) is 16.6. The van der Waals surface area contributed by atoms with Gasteiger partial charge in [0.15, 0.2) is 0 Å². The van der Waals surface area contributed by atoms with E-state index in [0.717, 1.165) is 50.7 Å². The molecule has 5 nitrogen and oxygen atoms in total. The molecule has 1 saturated heterocycles. The van der Waals surface area contributed by atoms with Gasteiger partial charge in [-0.2, -0.15) is 0 Å². The fourth-order valence-corrected chi connectivity index (χ4v) is 3.00. The second-order valence-corrected chi connectivity index (χ2v) is 8.03. The van der Waals surface area contributed by atoms with Crippen LogP contribution in [0.3, 0.4) is 0 Å². The fraction of sp³-hybridized carbons (Fsp3) is 0.476. The number of anilines is 1. The lowest BCUT2D eigenvalue weighted by Gasteiger charge is -2.34. The highest BCUT2D eigenvalue weighted by atomic mass is 16.3. The third-order valence-electron chi connectivity index (χ3n) is 4.72. The van der Waals surface area contributed by atoms with E-state index in [1.54, 1.807) is 6.26 Å². The Morgan fingerprint density at radius 1 is 1.00 bits per heavy atom. The zero-order valence-electron chi connectivity index (χ0n) is 16.0. The van der Waals surface area contributed by atoms with Crippen molar-refractivity contribution in [3.05, 3.63) is 54.0 Å². The van der Waals surface area contributed by atoms with Crippen molar-refractivity contribution in [2.24, 2.45) is 5.41 Å². The number of hydrogen-bond donors (Lipinski definition) is 1. The number of nitrogens with one attached hydrogen (secondary N) is 1. The molecule has 1 amide bonds. The maximum Gasteiger partial charge on any atom is 0.229 e. The van der Waals surface area contributed by atoms with Crippen LogP contribution in [-0.2, 0) is 17.9 Å². The molecule has 140 valence electrons. The highest BCUT2D eigenvalue weighted by Crippen LogP contribution is 2.18. The Labute approximate surface area is 156 Å². The summed E-state index contributed by atoms with van der Waals surface area (Å²) < 4.78 is 5.43.